The Morgan fingerprint density at radius 2 is 1.67 bits per heavy atom. The zero-order valence-corrected chi connectivity index (χ0v) is 16.5. The standard InChI is InChI=1S/C17H27N5O8/c1-8(20-15(27)9-3-2-6-19-9)14(26)22-11(7-13(24)25)16(28)21-10(17(29)30)4-5-12(18)23/h8-11,19H,2-7H2,1H3,(H2,18,23)(H,20,27)(H,21,28)(H,22,26)(H,24,25)(H,29,30). The maximum Gasteiger partial charge on any atom is 0.326 e. The van der Waals surface area contributed by atoms with Crippen molar-refractivity contribution in [3.8, 4) is 0 Å². The minimum Gasteiger partial charge on any atom is -0.481 e. The van der Waals surface area contributed by atoms with Crippen LogP contribution in [0.5, 0.6) is 0 Å². The minimum absolute atomic E-state index is 0.301. The molecule has 0 aromatic carbocycles. The molecular formula is C17H27N5O8. The Kier molecular flexibility index (Phi) is 9.68. The van der Waals surface area contributed by atoms with Crippen LogP contribution in [0.2, 0.25) is 0 Å². The number of aliphatic carboxylic acids is 2. The molecule has 168 valence electrons. The summed E-state index contributed by atoms with van der Waals surface area (Å²) in [6.45, 7) is 2.05. The molecule has 0 aromatic heterocycles. The fourth-order valence-electron chi connectivity index (χ4n) is 2.78. The number of primary amides is 1. The monoisotopic (exact) mass is 429 g/mol. The van der Waals surface area contributed by atoms with Crippen molar-refractivity contribution >= 4 is 35.6 Å². The van der Waals surface area contributed by atoms with Gasteiger partial charge in [0.1, 0.15) is 18.1 Å². The summed E-state index contributed by atoms with van der Waals surface area (Å²) in [6, 6.07) is -4.58. The topological polar surface area (TPSA) is 217 Å². The van der Waals surface area contributed by atoms with Crippen LogP contribution in [0.3, 0.4) is 0 Å². The Labute approximate surface area is 172 Å². The van der Waals surface area contributed by atoms with Gasteiger partial charge in [-0.25, -0.2) is 4.79 Å². The van der Waals surface area contributed by atoms with Crippen molar-refractivity contribution in [3.63, 3.8) is 0 Å². The summed E-state index contributed by atoms with van der Waals surface area (Å²) in [5.74, 6) is -5.90. The highest BCUT2D eigenvalue weighted by molar-refractivity contribution is 5.95. The number of rotatable bonds is 12. The molecule has 30 heavy (non-hydrogen) atoms. The summed E-state index contributed by atoms with van der Waals surface area (Å²) in [4.78, 5) is 69.9. The lowest BCUT2D eigenvalue weighted by Crippen LogP contribution is -2.56. The first-order chi connectivity index (χ1) is 14.0. The largest absolute Gasteiger partial charge is 0.481 e. The number of hydrogen-bond acceptors (Lipinski definition) is 7. The number of nitrogens with two attached hydrogens (primary N) is 1. The molecule has 1 fully saturated rings. The Morgan fingerprint density at radius 3 is 2.17 bits per heavy atom. The molecule has 0 radical (unpaired) electrons. The molecule has 0 saturated carbocycles. The molecule has 1 rings (SSSR count). The molecule has 1 aliphatic heterocycles. The average molecular weight is 429 g/mol. The average Bonchev–Trinajstić information content (AvgIpc) is 3.18. The third-order valence-electron chi connectivity index (χ3n) is 4.43. The summed E-state index contributed by atoms with van der Waals surface area (Å²) in [5.41, 5.74) is 4.96. The van der Waals surface area contributed by atoms with Crippen LogP contribution in [-0.2, 0) is 28.8 Å². The first kappa shape index (κ1) is 24.8. The highest BCUT2D eigenvalue weighted by Crippen LogP contribution is 2.05. The molecule has 1 saturated heterocycles. The molecule has 0 aromatic rings. The molecule has 0 aliphatic carbocycles. The molecule has 0 spiro atoms. The maximum absolute atomic E-state index is 12.4. The second-order valence-corrected chi connectivity index (χ2v) is 6.94. The van der Waals surface area contributed by atoms with Crippen molar-refractivity contribution in [2.24, 2.45) is 5.73 Å². The number of carbonyl (C=O) groups is 6. The number of hydrogen-bond donors (Lipinski definition) is 7. The lowest BCUT2D eigenvalue weighted by Gasteiger charge is -2.22. The normalized spacial score (nSPS) is 18.5. The van der Waals surface area contributed by atoms with Crippen LogP contribution >= 0.6 is 0 Å². The van der Waals surface area contributed by atoms with Crippen molar-refractivity contribution in [3.05, 3.63) is 0 Å². The summed E-state index contributed by atoms with van der Waals surface area (Å²) in [6.07, 6.45) is 0.00710. The summed E-state index contributed by atoms with van der Waals surface area (Å²) in [7, 11) is 0. The van der Waals surface area contributed by atoms with Crippen LogP contribution in [0.15, 0.2) is 0 Å². The van der Waals surface area contributed by atoms with Gasteiger partial charge in [-0.2, -0.15) is 0 Å². The Bertz CT molecular complexity index is 692. The number of nitrogens with one attached hydrogen (secondary N) is 4. The lowest BCUT2D eigenvalue weighted by atomic mass is 10.1. The van der Waals surface area contributed by atoms with Gasteiger partial charge in [-0.1, -0.05) is 0 Å². The van der Waals surface area contributed by atoms with Crippen LogP contribution in [0.1, 0.15) is 39.0 Å². The molecule has 4 amide bonds. The first-order valence-electron chi connectivity index (χ1n) is 9.38. The van der Waals surface area contributed by atoms with Gasteiger partial charge in [0.2, 0.25) is 23.6 Å². The molecule has 13 nitrogen and oxygen atoms in total. The van der Waals surface area contributed by atoms with Crippen molar-refractivity contribution in [1.29, 1.82) is 0 Å². The molecular weight excluding hydrogens is 402 g/mol. The third kappa shape index (κ3) is 8.43. The van der Waals surface area contributed by atoms with E-state index in [4.69, 9.17) is 15.9 Å². The highest BCUT2D eigenvalue weighted by atomic mass is 16.4. The quantitative estimate of drug-likeness (QED) is 0.168. The zero-order chi connectivity index (χ0) is 22.8. The van der Waals surface area contributed by atoms with E-state index in [1.807, 2.05) is 0 Å². The van der Waals surface area contributed by atoms with Crippen LogP contribution < -0.4 is 27.0 Å². The van der Waals surface area contributed by atoms with E-state index in [0.29, 0.717) is 13.0 Å². The third-order valence-corrected chi connectivity index (χ3v) is 4.43. The SMILES string of the molecule is CC(NC(=O)C1CCCN1)C(=O)NC(CC(=O)O)C(=O)NC(CCC(N)=O)C(=O)O. The molecule has 1 heterocycles. The second kappa shape index (κ2) is 11.7. The van der Waals surface area contributed by atoms with Gasteiger partial charge in [-0.3, -0.25) is 24.0 Å². The first-order valence-corrected chi connectivity index (χ1v) is 9.38. The van der Waals surface area contributed by atoms with E-state index >= 15 is 0 Å². The number of carbonyl (C=O) groups excluding carboxylic acids is 4. The van der Waals surface area contributed by atoms with E-state index in [9.17, 15) is 28.8 Å². The van der Waals surface area contributed by atoms with Gasteiger partial charge < -0.3 is 37.2 Å². The predicted octanol–water partition coefficient (Wildman–Crippen LogP) is -2.96. The molecule has 4 unspecified atom stereocenters. The van der Waals surface area contributed by atoms with Crippen molar-refractivity contribution in [2.45, 2.75) is 63.2 Å². The highest BCUT2D eigenvalue weighted by Gasteiger charge is 2.31. The van der Waals surface area contributed by atoms with E-state index < -0.39 is 66.2 Å². The van der Waals surface area contributed by atoms with E-state index in [-0.39, 0.29) is 12.8 Å². The smallest absolute Gasteiger partial charge is 0.326 e. The number of amides is 4. The van der Waals surface area contributed by atoms with Crippen molar-refractivity contribution < 1.29 is 39.0 Å². The Hall–Kier alpha value is -3.22. The molecule has 8 N–H and O–H groups in total. The second-order valence-electron chi connectivity index (χ2n) is 6.94. The van der Waals surface area contributed by atoms with Gasteiger partial charge in [0.25, 0.3) is 0 Å². The van der Waals surface area contributed by atoms with Crippen molar-refractivity contribution in [2.75, 3.05) is 6.54 Å². The molecule has 0 bridgehead atoms. The van der Waals surface area contributed by atoms with E-state index in [2.05, 4.69) is 21.3 Å². The number of carboxylic acids is 2. The van der Waals surface area contributed by atoms with Crippen LogP contribution in [0, 0.1) is 0 Å². The fraction of sp³-hybridized carbons (Fsp3) is 0.647. The summed E-state index contributed by atoms with van der Waals surface area (Å²) in [5, 5.41) is 27.9. The summed E-state index contributed by atoms with van der Waals surface area (Å²) >= 11 is 0. The Balaban J connectivity index is 2.73. The van der Waals surface area contributed by atoms with Gasteiger partial charge in [0.15, 0.2) is 0 Å². The lowest BCUT2D eigenvalue weighted by molar-refractivity contribution is -0.143. The zero-order valence-electron chi connectivity index (χ0n) is 16.5. The maximum atomic E-state index is 12.4. The number of carboxylic acid groups (broad SMARTS) is 2. The predicted molar refractivity (Wildman–Crippen MR) is 101 cm³/mol. The fourth-order valence-corrected chi connectivity index (χ4v) is 2.78. The molecule has 13 heteroatoms. The van der Waals surface area contributed by atoms with E-state index in [1.165, 1.54) is 6.92 Å². The van der Waals surface area contributed by atoms with E-state index in [1.54, 1.807) is 0 Å². The van der Waals surface area contributed by atoms with Gasteiger partial charge in [0.05, 0.1) is 12.5 Å². The van der Waals surface area contributed by atoms with Gasteiger partial charge in [-0.05, 0) is 32.7 Å². The Morgan fingerprint density at radius 1 is 1.03 bits per heavy atom. The van der Waals surface area contributed by atoms with Crippen LogP contribution in [-0.4, -0.2) is 76.5 Å². The van der Waals surface area contributed by atoms with Crippen molar-refractivity contribution in [1.82, 2.24) is 21.3 Å². The van der Waals surface area contributed by atoms with Gasteiger partial charge >= 0.3 is 11.9 Å². The van der Waals surface area contributed by atoms with E-state index in [0.717, 1.165) is 6.42 Å². The summed E-state index contributed by atoms with van der Waals surface area (Å²) < 4.78 is 0. The van der Waals surface area contributed by atoms with Crippen LogP contribution in [0.4, 0.5) is 0 Å². The van der Waals surface area contributed by atoms with Gasteiger partial charge in [-0.15, -0.1) is 0 Å². The van der Waals surface area contributed by atoms with Crippen LogP contribution in [0.25, 0.3) is 0 Å². The minimum atomic E-state index is -1.59. The molecule has 4 atom stereocenters. The van der Waals surface area contributed by atoms with Gasteiger partial charge in [0, 0.05) is 6.42 Å². The molecule has 1 aliphatic rings.